The maximum atomic E-state index is 13.2. The van der Waals surface area contributed by atoms with Gasteiger partial charge in [-0.3, -0.25) is 15.1 Å². The summed E-state index contributed by atoms with van der Waals surface area (Å²) in [7, 11) is 0. The molecule has 4 heterocycles. The minimum atomic E-state index is -0.722. The fourth-order valence-corrected chi connectivity index (χ4v) is 6.76. The molecule has 1 aromatic carbocycles. The van der Waals surface area contributed by atoms with Gasteiger partial charge >= 0.3 is 0 Å². The van der Waals surface area contributed by atoms with Crippen molar-refractivity contribution in [2.75, 3.05) is 31.9 Å². The van der Waals surface area contributed by atoms with Crippen LogP contribution >= 0.6 is 23.1 Å². The summed E-state index contributed by atoms with van der Waals surface area (Å²) in [5.41, 5.74) is 4.86. The third-order valence-electron chi connectivity index (χ3n) is 6.64. The molecule has 1 unspecified atom stereocenters. The molecule has 2 aliphatic heterocycles. The van der Waals surface area contributed by atoms with Gasteiger partial charge < -0.3 is 10.2 Å². The second-order valence-corrected chi connectivity index (χ2v) is 11.2. The molecule has 2 fully saturated rings. The Hall–Kier alpha value is -2.61. The number of thioether (sulfide) groups is 1. The highest BCUT2D eigenvalue weighted by atomic mass is 32.2. The molecule has 2 aliphatic rings. The number of aromatic nitrogens is 1. The largest absolute Gasteiger partial charge is 0.375 e. The first-order valence-corrected chi connectivity index (χ1v) is 14.3. The molecule has 3 aromatic rings. The smallest absolute Gasteiger partial charge is 0.255 e. The number of nitrogens with one attached hydrogen (secondary N) is 2. The number of carbonyl (C=O) groups excluding carboxylic acids is 1. The molecular weight excluding hydrogens is 472 g/mol. The van der Waals surface area contributed by atoms with Gasteiger partial charge in [0.25, 0.3) is 5.91 Å². The van der Waals surface area contributed by atoms with Gasteiger partial charge in [-0.25, -0.2) is 0 Å². The van der Waals surface area contributed by atoms with E-state index < -0.39 is 4.87 Å². The Kier molecular flexibility index (Phi) is 7.86. The number of amides is 1. The first-order valence-electron chi connectivity index (χ1n) is 12.4. The molecule has 0 aliphatic carbocycles. The molecule has 2 aromatic heterocycles. The molecule has 2 N–H and O–H groups in total. The van der Waals surface area contributed by atoms with Crippen LogP contribution in [0.3, 0.4) is 0 Å². The zero-order chi connectivity index (χ0) is 23.9. The van der Waals surface area contributed by atoms with Crippen molar-refractivity contribution < 1.29 is 4.79 Å². The first-order chi connectivity index (χ1) is 17.2. The number of hydrogen-bond donors (Lipinski definition) is 2. The van der Waals surface area contributed by atoms with E-state index in [-0.39, 0.29) is 5.91 Å². The van der Waals surface area contributed by atoms with E-state index in [0.29, 0.717) is 6.54 Å². The van der Waals surface area contributed by atoms with Crippen LogP contribution in [0.25, 0.3) is 16.5 Å². The second-order valence-electron chi connectivity index (χ2n) is 8.99. The fraction of sp³-hybridized carbons (Fsp3) is 0.357. The van der Waals surface area contributed by atoms with Crippen LogP contribution in [-0.2, 0) is 9.67 Å². The molecule has 1 amide bonds. The van der Waals surface area contributed by atoms with E-state index in [9.17, 15) is 4.79 Å². The van der Waals surface area contributed by atoms with Crippen LogP contribution in [0.1, 0.15) is 36.8 Å². The number of piperidine rings is 1. The van der Waals surface area contributed by atoms with Crippen molar-refractivity contribution in [3.8, 4) is 10.4 Å². The van der Waals surface area contributed by atoms with E-state index in [1.807, 2.05) is 12.1 Å². The first kappa shape index (κ1) is 24.1. The Balaban J connectivity index is 1.17. The normalized spacial score (nSPS) is 21.4. The minimum Gasteiger partial charge on any atom is -0.375 e. The summed E-state index contributed by atoms with van der Waals surface area (Å²) >= 11 is 3.43. The summed E-state index contributed by atoms with van der Waals surface area (Å²) in [5, 5.41) is 8.73. The molecule has 5 nitrogen and oxygen atoms in total. The lowest BCUT2D eigenvalue weighted by molar-refractivity contribution is -0.124. The molecule has 0 saturated carbocycles. The predicted octanol–water partition coefficient (Wildman–Crippen LogP) is 5.33. The molecule has 7 heteroatoms. The average molecular weight is 505 g/mol. The van der Waals surface area contributed by atoms with Gasteiger partial charge in [-0.1, -0.05) is 36.4 Å². The average Bonchev–Trinajstić information content (AvgIpc) is 3.62. The topological polar surface area (TPSA) is 57.3 Å². The van der Waals surface area contributed by atoms with Crippen molar-refractivity contribution in [3.05, 3.63) is 83.1 Å². The van der Waals surface area contributed by atoms with Crippen LogP contribution in [0.4, 0.5) is 0 Å². The van der Waals surface area contributed by atoms with E-state index in [0.717, 1.165) is 43.8 Å². The van der Waals surface area contributed by atoms with Gasteiger partial charge in [0, 0.05) is 60.5 Å². The Morgan fingerprint density at radius 2 is 2.09 bits per heavy atom. The van der Waals surface area contributed by atoms with Crippen molar-refractivity contribution in [1.29, 1.82) is 0 Å². The Bertz CT molecular complexity index is 1120. The molecular formula is C28H32N4OS2. The number of nitrogens with zero attached hydrogens (tertiary/aromatic N) is 2. The molecule has 0 radical (unpaired) electrons. The summed E-state index contributed by atoms with van der Waals surface area (Å²) in [4.78, 5) is 20.5. The molecule has 5 rings (SSSR count). The van der Waals surface area contributed by atoms with Crippen LogP contribution in [0.5, 0.6) is 0 Å². The maximum Gasteiger partial charge on any atom is 0.255 e. The van der Waals surface area contributed by atoms with Crippen LogP contribution in [0.15, 0.2) is 72.0 Å². The van der Waals surface area contributed by atoms with Gasteiger partial charge in [0.1, 0.15) is 0 Å². The Labute approximate surface area is 216 Å². The number of hydrogen-bond acceptors (Lipinski definition) is 6. The van der Waals surface area contributed by atoms with Gasteiger partial charge in [-0.05, 0) is 60.4 Å². The number of carbonyl (C=O) groups is 1. The van der Waals surface area contributed by atoms with Crippen molar-refractivity contribution in [3.63, 3.8) is 0 Å². The summed E-state index contributed by atoms with van der Waals surface area (Å²) in [6.45, 7) is 3.54. The highest BCUT2D eigenvalue weighted by molar-refractivity contribution is 8.01. The van der Waals surface area contributed by atoms with Crippen molar-refractivity contribution >= 4 is 35.1 Å². The Morgan fingerprint density at radius 3 is 2.83 bits per heavy atom. The molecule has 35 heavy (non-hydrogen) atoms. The number of likely N-dealkylation sites (tertiary alicyclic amines) is 1. The summed E-state index contributed by atoms with van der Waals surface area (Å²) in [6.07, 6.45) is 10.4. The summed E-state index contributed by atoms with van der Waals surface area (Å²) in [6, 6.07) is 17.0. The van der Waals surface area contributed by atoms with Crippen LogP contribution < -0.4 is 10.6 Å². The number of pyridine rings is 1. The summed E-state index contributed by atoms with van der Waals surface area (Å²) < 4.78 is 0. The van der Waals surface area contributed by atoms with Crippen LogP contribution in [-0.4, -0.2) is 47.7 Å². The van der Waals surface area contributed by atoms with E-state index in [2.05, 4.69) is 68.4 Å². The maximum absolute atomic E-state index is 13.2. The standard InChI is InChI=1S/C28H32N4OS2/c33-27(28(31-15-19-35-28)24-6-3-13-29-21-24)30-14-5-17-32-16-2-1-7-25(32)20-22-9-11-23(12-10-22)26-8-4-18-34-26/h3-4,6,8-13,18,20-21,31H,1-2,5,7,14-17,19H2,(H,30,33). The molecule has 1 atom stereocenters. The van der Waals surface area contributed by atoms with Gasteiger partial charge in [0.2, 0.25) is 0 Å². The second kappa shape index (κ2) is 11.4. The lowest BCUT2D eigenvalue weighted by Crippen LogP contribution is -2.49. The third kappa shape index (κ3) is 5.63. The van der Waals surface area contributed by atoms with Crippen LogP contribution in [0, 0.1) is 0 Å². The van der Waals surface area contributed by atoms with E-state index >= 15 is 0 Å². The monoisotopic (exact) mass is 504 g/mol. The van der Waals surface area contributed by atoms with Crippen molar-refractivity contribution in [2.24, 2.45) is 0 Å². The number of allylic oxidation sites excluding steroid dienone is 1. The van der Waals surface area contributed by atoms with E-state index in [4.69, 9.17) is 0 Å². The molecule has 2 saturated heterocycles. The van der Waals surface area contributed by atoms with Gasteiger partial charge in [0.05, 0.1) is 0 Å². The zero-order valence-electron chi connectivity index (χ0n) is 19.9. The minimum absolute atomic E-state index is 0.0354. The zero-order valence-corrected chi connectivity index (χ0v) is 21.5. The number of benzene rings is 1. The highest BCUT2D eigenvalue weighted by Crippen LogP contribution is 2.37. The van der Waals surface area contributed by atoms with Crippen molar-refractivity contribution in [2.45, 2.75) is 30.6 Å². The lowest BCUT2D eigenvalue weighted by atomic mass is 10.0. The summed E-state index contributed by atoms with van der Waals surface area (Å²) in [5.74, 6) is 0.951. The molecule has 0 spiro atoms. The fourth-order valence-electron chi connectivity index (χ4n) is 4.82. The van der Waals surface area contributed by atoms with Gasteiger partial charge in [0.15, 0.2) is 4.87 Å². The lowest BCUT2D eigenvalue weighted by Gasteiger charge is -2.32. The SMILES string of the molecule is O=C(NCCCN1CCCCC1=Cc1ccc(-c2cccs2)cc1)C1(c2cccnc2)NCCS1. The van der Waals surface area contributed by atoms with Gasteiger partial charge in [-0.2, -0.15) is 0 Å². The molecule has 182 valence electrons. The highest BCUT2D eigenvalue weighted by Gasteiger charge is 2.43. The van der Waals surface area contributed by atoms with E-state index in [1.54, 1.807) is 35.5 Å². The predicted molar refractivity (Wildman–Crippen MR) is 147 cm³/mol. The third-order valence-corrected chi connectivity index (χ3v) is 8.97. The van der Waals surface area contributed by atoms with Crippen molar-refractivity contribution in [1.82, 2.24) is 20.5 Å². The quantitative estimate of drug-likeness (QED) is 0.406. The van der Waals surface area contributed by atoms with Gasteiger partial charge in [-0.15, -0.1) is 23.1 Å². The number of rotatable bonds is 8. The number of thiophene rings is 1. The van der Waals surface area contributed by atoms with Crippen LogP contribution in [0.2, 0.25) is 0 Å². The molecule has 0 bridgehead atoms. The van der Waals surface area contributed by atoms with E-state index in [1.165, 1.54) is 34.5 Å². The Morgan fingerprint density at radius 1 is 1.17 bits per heavy atom.